The van der Waals surface area contributed by atoms with E-state index in [9.17, 15) is 18.3 Å². The van der Waals surface area contributed by atoms with Crippen molar-refractivity contribution in [2.45, 2.75) is 25.3 Å². The van der Waals surface area contributed by atoms with Gasteiger partial charge in [-0.15, -0.1) is 0 Å². The number of rotatable bonds is 1. The van der Waals surface area contributed by atoms with Crippen LogP contribution in [0.4, 0.5) is 13.2 Å². The van der Waals surface area contributed by atoms with Gasteiger partial charge < -0.3 is 10.4 Å². The first-order valence-corrected chi connectivity index (χ1v) is 5.21. The largest absolute Gasteiger partial charge is 0.507 e. The molecule has 5 heteroatoms. The summed E-state index contributed by atoms with van der Waals surface area (Å²) in [6, 6.07) is 0.174. The van der Waals surface area contributed by atoms with E-state index in [2.05, 4.69) is 5.32 Å². The predicted octanol–water partition coefficient (Wildman–Crippen LogP) is 2.62. The number of halogens is 3. The van der Waals surface area contributed by atoms with E-state index in [0.717, 1.165) is 12.8 Å². The number of hydrogen-bond donors (Lipinski definition) is 2. The number of hydrogen-bond acceptors (Lipinski definition) is 2. The zero-order valence-electron chi connectivity index (χ0n) is 8.56. The van der Waals surface area contributed by atoms with Crippen LogP contribution in [-0.2, 0) is 0 Å². The topological polar surface area (TPSA) is 32.3 Å². The predicted molar refractivity (Wildman–Crippen MR) is 52.6 cm³/mol. The van der Waals surface area contributed by atoms with Crippen LogP contribution < -0.4 is 5.32 Å². The van der Waals surface area contributed by atoms with E-state index in [4.69, 9.17) is 0 Å². The van der Waals surface area contributed by atoms with Gasteiger partial charge in [-0.05, 0) is 19.4 Å². The average molecular weight is 231 g/mol. The molecule has 0 unspecified atom stereocenters. The van der Waals surface area contributed by atoms with Crippen molar-refractivity contribution in [3.8, 4) is 5.75 Å². The van der Waals surface area contributed by atoms with Gasteiger partial charge in [-0.1, -0.05) is 6.42 Å². The van der Waals surface area contributed by atoms with E-state index in [1.54, 1.807) is 0 Å². The van der Waals surface area contributed by atoms with Crippen molar-refractivity contribution in [2.24, 2.45) is 0 Å². The van der Waals surface area contributed by atoms with Crippen molar-refractivity contribution < 1.29 is 18.3 Å². The van der Waals surface area contributed by atoms with Crippen molar-refractivity contribution in [3.63, 3.8) is 0 Å². The summed E-state index contributed by atoms with van der Waals surface area (Å²) in [6.45, 7) is 0.683. The van der Waals surface area contributed by atoms with Gasteiger partial charge in [-0.2, -0.15) is 0 Å². The molecule has 0 spiro atoms. The Balaban J connectivity index is 2.42. The number of aromatic hydroxyl groups is 1. The molecular formula is C11H12F3NO. The molecule has 0 saturated carbocycles. The second-order valence-electron chi connectivity index (χ2n) is 3.92. The lowest BCUT2D eigenvalue weighted by atomic mass is 9.96. The summed E-state index contributed by atoms with van der Waals surface area (Å²) >= 11 is 0. The number of phenolic OH excluding ortho intramolecular Hbond substituents is 1. The van der Waals surface area contributed by atoms with Gasteiger partial charge >= 0.3 is 0 Å². The molecule has 1 aliphatic heterocycles. The van der Waals surface area contributed by atoms with Crippen molar-refractivity contribution >= 4 is 0 Å². The third-order valence-electron chi connectivity index (χ3n) is 2.84. The van der Waals surface area contributed by atoms with E-state index >= 15 is 0 Å². The molecule has 2 N–H and O–H groups in total. The lowest BCUT2D eigenvalue weighted by Gasteiger charge is -2.25. The normalized spacial score (nSPS) is 21.1. The summed E-state index contributed by atoms with van der Waals surface area (Å²) in [5.74, 6) is -4.72. The molecule has 0 aliphatic carbocycles. The van der Waals surface area contributed by atoms with Crippen LogP contribution in [0.2, 0.25) is 0 Å². The smallest absolute Gasteiger partial charge is 0.195 e. The first-order valence-electron chi connectivity index (χ1n) is 5.21. The quantitative estimate of drug-likeness (QED) is 0.728. The Bertz CT molecular complexity index is 403. The Morgan fingerprint density at radius 1 is 1.19 bits per heavy atom. The molecule has 2 rings (SSSR count). The number of benzene rings is 1. The first-order chi connectivity index (χ1) is 7.61. The van der Waals surface area contributed by atoms with Gasteiger partial charge in [0.15, 0.2) is 17.5 Å². The summed E-state index contributed by atoms with van der Waals surface area (Å²) in [5, 5.41) is 12.4. The van der Waals surface area contributed by atoms with E-state index < -0.39 is 29.2 Å². The molecule has 1 saturated heterocycles. The number of piperidine rings is 1. The highest BCUT2D eigenvalue weighted by Crippen LogP contribution is 2.34. The van der Waals surface area contributed by atoms with E-state index in [1.807, 2.05) is 0 Å². The van der Waals surface area contributed by atoms with Crippen LogP contribution in [0.5, 0.6) is 5.75 Å². The molecule has 2 nitrogen and oxygen atoms in total. The average Bonchev–Trinajstić information content (AvgIpc) is 2.28. The van der Waals surface area contributed by atoms with Crippen LogP contribution in [-0.4, -0.2) is 11.7 Å². The van der Waals surface area contributed by atoms with Gasteiger partial charge in [0, 0.05) is 17.7 Å². The van der Waals surface area contributed by atoms with Gasteiger partial charge in [0.25, 0.3) is 0 Å². The zero-order valence-corrected chi connectivity index (χ0v) is 8.56. The SMILES string of the molecule is Oc1cc(F)c(F)c(F)c1[C@H]1CCCCN1. The second-order valence-corrected chi connectivity index (χ2v) is 3.92. The molecule has 1 heterocycles. The molecule has 1 aliphatic rings. The molecular weight excluding hydrogens is 219 g/mol. The van der Waals surface area contributed by atoms with Crippen molar-refractivity contribution in [1.82, 2.24) is 5.32 Å². The van der Waals surface area contributed by atoms with Gasteiger partial charge in [0.2, 0.25) is 0 Å². The molecule has 0 radical (unpaired) electrons. The maximum atomic E-state index is 13.5. The summed E-state index contributed by atoms with van der Waals surface area (Å²) < 4.78 is 39.3. The standard InChI is InChI=1S/C11H12F3NO/c12-6-5-8(16)9(11(14)10(6)13)7-3-1-2-4-15-7/h5,7,15-16H,1-4H2/t7-/m1/s1. The Morgan fingerprint density at radius 3 is 2.56 bits per heavy atom. The van der Waals surface area contributed by atoms with Crippen LogP contribution in [0.1, 0.15) is 30.9 Å². The maximum absolute atomic E-state index is 13.5. The van der Waals surface area contributed by atoms with Crippen LogP contribution >= 0.6 is 0 Å². The molecule has 0 amide bonds. The van der Waals surface area contributed by atoms with Crippen molar-refractivity contribution in [2.75, 3.05) is 6.54 Å². The summed E-state index contributed by atoms with van der Waals surface area (Å²) in [5.41, 5.74) is -0.168. The number of nitrogens with one attached hydrogen (secondary N) is 1. The van der Waals surface area contributed by atoms with E-state index in [0.29, 0.717) is 19.0 Å². The van der Waals surface area contributed by atoms with Gasteiger partial charge in [0.05, 0.1) is 0 Å². The highest BCUT2D eigenvalue weighted by molar-refractivity contribution is 5.37. The first kappa shape index (κ1) is 11.3. The van der Waals surface area contributed by atoms with Gasteiger partial charge in [-0.25, -0.2) is 13.2 Å². The fraction of sp³-hybridized carbons (Fsp3) is 0.455. The third-order valence-corrected chi connectivity index (χ3v) is 2.84. The van der Waals surface area contributed by atoms with Gasteiger partial charge in [0.1, 0.15) is 5.75 Å². The Labute approximate surface area is 91.1 Å². The molecule has 1 atom stereocenters. The number of phenols is 1. The van der Waals surface area contributed by atoms with Crippen molar-refractivity contribution in [3.05, 3.63) is 29.1 Å². The Morgan fingerprint density at radius 2 is 1.94 bits per heavy atom. The Kier molecular flexibility index (Phi) is 3.05. The fourth-order valence-electron chi connectivity index (χ4n) is 2.03. The minimum atomic E-state index is -1.53. The minimum Gasteiger partial charge on any atom is -0.507 e. The monoisotopic (exact) mass is 231 g/mol. The van der Waals surface area contributed by atoms with Crippen molar-refractivity contribution in [1.29, 1.82) is 0 Å². The maximum Gasteiger partial charge on any atom is 0.195 e. The molecule has 16 heavy (non-hydrogen) atoms. The van der Waals surface area contributed by atoms with Gasteiger partial charge in [-0.3, -0.25) is 0 Å². The van der Waals surface area contributed by atoms with E-state index in [1.165, 1.54) is 0 Å². The third kappa shape index (κ3) is 1.87. The molecule has 1 fully saturated rings. The van der Waals surface area contributed by atoms with Crippen LogP contribution in [0.25, 0.3) is 0 Å². The molecule has 0 bridgehead atoms. The lowest BCUT2D eigenvalue weighted by Crippen LogP contribution is -2.28. The molecule has 88 valence electrons. The highest BCUT2D eigenvalue weighted by atomic mass is 19.2. The van der Waals surface area contributed by atoms with Crippen LogP contribution in [0, 0.1) is 17.5 Å². The molecule has 1 aromatic carbocycles. The molecule has 1 aromatic rings. The second kappa shape index (κ2) is 4.33. The summed E-state index contributed by atoms with van der Waals surface area (Å²) in [6.07, 6.45) is 2.44. The van der Waals surface area contributed by atoms with Crippen LogP contribution in [0.3, 0.4) is 0 Å². The van der Waals surface area contributed by atoms with Crippen LogP contribution in [0.15, 0.2) is 6.07 Å². The van der Waals surface area contributed by atoms with E-state index in [-0.39, 0.29) is 5.56 Å². The molecule has 0 aromatic heterocycles. The lowest BCUT2D eigenvalue weighted by molar-refractivity contribution is 0.357. The summed E-state index contributed by atoms with van der Waals surface area (Å²) in [4.78, 5) is 0. The zero-order chi connectivity index (χ0) is 11.7. The Hall–Kier alpha value is -1.23. The summed E-state index contributed by atoms with van der Waals surface area (Å²) in [7, 11) is 0. The highest BCUT2D eigenvalue weighted by Gasteiger charge is 2.26. The minimum absolute atomic E-state index is 0.168. The fourth-order valence-corrected chi connectivity index (χ4v) is 2.03.